The molecular formula is C6H11ClO5. The molecule has 0 bridgehead atoms. The van der Waals surface area contributed by atoms with E-state index in [1.54, 1.807) is 0 Å². The third-order valence-electron chi connectivity index (χ3n) is 1.83. The Morgan fingerprint density at radius 1 is 1.08 bits per heavy atom. The van der Waals surface area contributed by atoms with Gasteiger partial charge in [-0.1, -0.05) is 11.6 Å². The number of rotatable bonds is 1. The fourth-order valence-corrected chi connectivity index (χ4v) is 1.34. The first kappa shape index (κ1) is 10.2. The van der Waals surface area contributed by atoms with Gasteiger partial charge >= 0.3 is 0 Å². The van der Waals surface area contributed by atoms with E-state index in [1.165, 1.54) is 0 Å². The SMILES string of the molecule is OC[C@H]1O[C@@H](Cl)[C@@H](O)[C@@H](O)[C@@H]1O. The average molecular weight is 199 g/mol. The summed E-state index contributed by atoms with van der Waals surface area (Å²) in [5, 5.41) is 36.0. The molecule has 0 saturated carbocycles. The second kappa shape index (κ2) is 3.87. The fourth-order valence-electron chi connectivity index (χ4n) is 1.06. The number of ether oxygens (including phenoxy) is 1. The van der Waals surface area contributed by atoms with Gasteiger partial charge in [-0.15, -0.1) is 0 Å². The molecule has 0 aromatic rings. The van der Waals surface area contributed by atoms with Gasteiger partial charge in [0.25, 0.3) is 0 Å². The molecule has 0 aromatic carbocycles. The van der Waals surface area contributed by atoms with Gasteiger partial charge in [0.1, 0.15) is 24.4 Å². The van der Waals surface area contributed by atoms with Crippen LogP contribution in [0.2, 0.25) is 0 Å². The Hall–Kier alpha value is 0.0900. The molecule has 4 N–H and O–H groups in total. The van der Waals surface area contributed by atoms with Crippen molar-refractivity contribution in [3.8, 4) is 0 Å². The monoisotopic (exact) mass is 198 g/mol. The molecule has 12 heavy (non-hydrogen) atoms. The van der Waals surface area contributed by atoms with E-state index in [4.69, 9.17) is 31.7 Å². The van der Waals surface area contributed by atoms with Crippen molar-refractivity contribution in [2.45, 2.75) is 30.0 Å². The molecule has 1 aliphatic rings. The molecule has 72 valence electrons. The normalized spacial score (nSPS) is 49.2. The van der Waals surface area contributed by atoms with Crippen LogP contribution in [0.3, 0.4) is 0 Å². The Kier molecular flexibility index (Phi) is 3.28. The van der Waals surface area contributed by atoms with E-state index in [1.807, 2.05) is 0 Å². The van der Waals surface area contributed by atoms with Crippen LogP contribution in [0.5, 0.6) is 0 Å². The van der Waals surface area contributed by atoms with Crippen molar-refractivity contribution in [1.82, 2.24) is 0 Å². The number of hydrogen-bond acceptors (Lipinski definition) is 5. The van der Waals surface area contributed by atoms with E-state index < -0.39 is 36.6 Å². The molecule has 0 unspecified atom stereocenters. The maximum atomic E-state index is 9.17. The zero-order valence-electron chi connectivity index (χ0n) is 6.17. The minimum atomic E-state index is -1.38. The molecule has 1 heterocycles. The van der Waals surface area contributed by atoms with Crippen LogP contribution in [-0.2, 0) is 4.74 Å². The van der Waals surface area contributed by atoms with Crippen LogP contribution in [0.25, 0.3) is 0 Å². The van der Waals surface area contributed by atoms with E-state index in [2.05, 4.69) is 0 Å². The quantitative estimate of drug-likeness (QED) is 0.367. The van der Waals surface area contributed by atoms with Crippen molar-refractivity contribution in [1.29, 1.82) is 0 Å². The van der Waals surface area contributed by atoms with Crippen molar-refractivity contribution >= 4 is 11.6 Å². The van der Waals surface area contributed by atoms with Gasteiger partial charge in [-0.25, -0.2) is 0 Å². The van der Waals surface area contributed by atoms with Crippen molar-refractivity contribution in [3.63, 3.8) is 0 Å². The van der Waals surface area contributed by atoms with E-state index in [0.717, 1.165) is 0 Å². The predicted octanol–water partition coefficient (Wildman–Crippen LogP) is -1.97. The third-order valence-corrected chi connectivity index (χ3v) is 2.20. The number of hydrogen-bond donors (Lipinski definition) is 4. The highest BCUT2D eigenvalue weighted by molar-refractivity contribution is 6.20. The summed E-state index contributed by atoms with van der Waals surface area (Å²) in [4.78, 5) is 0. The van der Waals surface area contributed by atoms with E-state index in [9.17, 15) is 5.11 Å². The number of alkyl halides is 1. The van der Waals surface area contributed by atoms with Gasteiger partial charge in [-0.2, -0.15) is 0 Å². The predicted molar refractivity (Wildman–Crippen MR) is 39.6 cm³/mol. The van der Waals surface area contributed by atoms with Gasteiger partial charge in [0, 0.05) is 0 Å². The van der Waals surface area contributed by atoms with Gasteiger partial charge in [-0.3, -0.25) is 0 Å². The van der Waals surface area contributed by atoms with Crippen LogP contribution in [0.4, 0.5) is 0 Å². The minimum Gasteiger partial charge on any atom is -0.394 e. The summed E-state index contributed by atoms with van der Waals surface area (Å²) >= 11 is 5.45. The molecule has 1 aliphatic heterocycles. The first-order valence-electron chi connectivity index (χ1n) is 3.52. The first-order valence-corrected chi connectivity index (χ1v) is 3.96. The van der Waals surface area contributed by atoms with Gasteiger partial charge in [-0.05, 0) is 0 Å². The molecule has 5 nitrogen and oxygen atoms in total. The number of aliphatic hydroxyl groups is 4. The van der Waals surface area contributed by atoms with Gasteiger partial charge in [0.15, 0.2) is 5.56 Å². The lowest BCUT2D eigenvalue weighted by Crippen LogP contribution is -2.56. The molecule has 1 saturated heterocycles. The number of halogens is 1. The van der Waals surface area contributed by atoms with Gasteiger partial charge in [0.05, 0.1) is 6.61 Å². The van der Waals surface area contributed by atoms with Crippen molar-refractivity contribution in [2.75, 3.05) is 6.61 Å². The molecular weight excluding hydrogens is 188 g/mol. The van der Waals surface area contributed by atoms with Crippen molar-refractivity contribution in [2.24, 2.45) is 0 Å². The van der Waals surface area contributed by atoms with Crippen LogP contribution < -0.4 is 0 Å². The van der Waals surface area contributed by atoms with Crippen LogP contribution >= 0.6 is 11.6 Å². The van der Waals surface area contributed by atoms with Crippen LogP contribution in [0.1, 0.15) is 0 Å². The Morgan fingerprint density at radius 3 is 2.17 bits per heavy atom. The van der Waals surface area contributed by atoms with E-state index in [0.29, 0.717) is 0 Å². The summed E-state index contributed by atoms with van der Waals surface area (Å²) in [6.07, 6.45) is -4.95. The van der Waals surface area contributed by atoms with Crippen LogP contribution in [0.15, 0.2) is 0 Å². The Labute approximate surface area is 74.2 Å². The first-order chi connectivity index (χ1) is 5.57. The fraction of sp³-hybridized carbons (Fsp3) is 1.00. The summed E-state index contributed by atoms with van der Waals surface area (Å²) in [5.74, 6) is 0. The highest BCUT2D eigenvalue weighted by Crippen LogP contribution is 2.22. The lowest BCUT2D eigenvalue weighted by atomic mass is 10.0. The summed E-state index contributed by atoms with van der Waals surface area (Å²) in [6.45, 7) is -0.450. The van der Waals surface area contributed by atoms with Crippen LogP contribution in [0, 0.1) is 0 Å². The summed E-state index contributed by atoms with van der Waals surface area (Å²) in [5.41, 5.74) is -1.10. The Morgan fingerprint density at radius 2 is 1.67 bits per heavy atom. The summed E-state index contributed by atoms with van der Waals surface area (Å²) in [7, 11) is 0. The molecule has 6 heteroatoms. The molecule has 1 rings (SSSR count). The molecule has 0 aliphatic carbocycles. The standard InChI is InChI=1S/C6H11ClO5/c7-6-5(11)4(10)3(9)2(1-8)12-6/h2-6,8-11H,1H2/t2-,3-,4+,5+,6-/m1/s1. The smallest absolute Gasteiger partial charge is 0.160 e. The second-order valence-electron chi connectivity index (χ2n) is 2.68. The highest BCUT2D eigenvalue weighted by Gasteiger charge is 2.42. The zero-order chi connectivity index (χ0) is 9.30. The van der Waals surface area contributed by atoms with Crippen molar-refractivity contribution in [3.05, 3.63) is 0 Å². The molecule has 1 fully saturated rings. The van der Waals surface area contributed by atoms with Crippen LogP contribution in [-0.4, -0.2) is 57.0 Å². The zero-order valence-corrected chi connectivity index (χ0v) is 6.92. The lowest BCUT2D eigenvalue weighted by molar-refractivity contribution is -0.207. The second-order valence-corrected chi connectivity index (χ2v) is 3.11. The maximum absolute atomic E-state index is 9.17. The molecule has 5 atom stereocenters. The van der Waals surface area contributed by atoms with Gasteiger partial charge < -0.3 is 25.2 Å². The summed E-state index contributed by atoms with van der Waals surface area (Å²) < 4.78 is 4.79. The average Bonchev–Trinajstić information content (AvgIpc) is 2.08. The Balaban J connectivity index is 2.63. The largest absolute Gasteiger partial charge is 0.394 e. The summed E-state index contributed by atoms with van der Waals surface area (Å²) in [6, 6.07) is 0. The third kappa shape index (κ3) is 1.71. The minimum absolute atomic E-state index is 0.450. The topological polar surface area (TPSA) is 90.2 Å². The maximum Gasteiger partial charge on any atom is 0.160 e. The van der Waals surface area contributed by atoms with E-state index in [-0.39, 0.29) is 0 Å². The van der Waals surface area contributed by atoms with Crippen molar-refractivity contribution < 1.29 is 25.2 Å². The number of aliphatic hydroxyl groups excluding tert-OH is 4. The molecule has 0 amide bonds. The molecule has 0 aromatic heterocycles. The molecule has 0 spiro atoms. The van der Waals surface area contributed by atoms with Gasteiger partial charge in [0.2, 0.25) is 0 Å². The molecule has 0 radical (unpaired) electrons. The van der Waals surface area contributed by atoms with E-state index >= 15 is 0 Å². The Bertz CT molecular complexity index is 150. The lowest BCUT2D eigenvalue weighted by Gasteiger charge is -2.37. The highest BCUT2D eigenvalue weighted by atomic mass is 35.5.